The molecule has 0 unspecified atom stereocenters. The summed E-state index contributed by atoms with van der Waals surface area (Å²) in [6.45, 7) is 6.40. The second kappa shape index (κ2) is 5.33. The molecule has 0 aliphatic heterocycles. The largest absolute Gasteiger partial charge is 0.329 e. The molecule has 1 aliphatic rings. The van der Waals surface area contributed by atoms with Crippen LogP contribution in [0.3, 0.4) is 0 Å². The van der Waals surface area contributed by atoms with Crippen molar-refractivity contribution in [2.24, 2.45) is 11.7 Å². The number of rotatable bonds is 5. The first-order chi connectivity index (χ1) is 5.86. The molecule has 0 radical (unpaired) electrons. The second-order valence-corrected chi connectivity index (χ2v) is 3.49. The van der Waals surface area contributed by atoms with Crippen LogP contribution < -0.4 is 5.73 Å². The maximum atomic E-state index is 5.52. The van der Waals surface area contributed by atoms with E-state index in [9.17, 15) is 0 Å². The van der Waals surface area contributed by atoms with Crippen molar-refractivity contribution in [3.8, 4) is 0 Å². The summed E-state index contributed by atoms with van der Waals surface area (Å²) in [6.07, 6.45) is 7.12. The molecule has 2 N–H and O–H groups in total. The summed E-state index contributed by atoms with van der Waals surface area (Å²) in [5.74, 6) is 0.858. The number of likely N-dealkylation sites (N-methyl/N-ethyl adjacent to an activating group) is 1. The van der Waals surface area contributed by atoms with Crippen molar-refractivity contribution in [2.45, 2.75) is 19.8 Å². The Bertz CT molecular complexity index is 135. The Hall–Kier alpha value is -0.340. The normalized spacial score (nSPS) is 17.9. The highest BCUT2D eigenvalue weighted by molar-refractivity contribution is 4.94. The van der Waals surface area contributed by atoms with Crippen LogP contribution in [0, 0.1) is 5.92 Å². The quantitative estimate of drug-likeness (QED) is 0.626. The lowest BCUT2D eigenvalue weighted by atomic mass is 10.1. The molecule has 1 rings (SSSR count). The SMILES string of the molecule is CCN(CCN)CC1CC=CC1. The van der Waals surface area contributed by atoms with Gasteiger partial charge in [0.15, 0.2) is 0 Å². The summed E-state index contributed by atoms with van der Waals surface area (Å²) in [5, 5.41) is 0. The lowest BCUT2D eigenvalue weighted by molar-refractivity contribution is 0.252. The van der Waals surface area contributed by atoms with Crippen LogP contribution in [0.1, 0.15) is 19.8 Å². The van der Waals surface area contributed by atoms with E-state index in [-0.39, 0.29) is 0 Å². The molecule has 0 saturated heterocycles. The molecule has 2 heteroatoms. The Labute approximate surface area is 75.4 Å². The predicted molar refractivity (Wildman–Crippen MR) is 53.0 cm³/mol. The Balaban J connectivity index is 2.17. The summed E-state index contributed by atoms with van der Waals surface area (Å²) in [5.41, 5.74) is 5.52. The summed E-state index contributed by atoms with van der Waals surface area (Å²) < 4.78 is 0. The van der Waals surface area contributed by atoms with Gasteiger partial charge in [0.05, 0.1) is 0 Å². The summed E-state index contributed by atoms with van der Waals surface area (Å²) in [6, 6.07) is 0. The van der Waals surface area contributed by atoms with Gasteiger partial charge in [0, 0.05) is 19.6 Å². The summed E-state index contributed by atoms with van der Waals surface area (Å²) in [4.78, 5) is 2.44. The van der Waals surface area contributed by atoms with Gasteiger partial charge in [0.25, 0.3) is 0 Å². The van der Waals surface area contributed by atoms with Crippen LogP contribution in [-0.2, 0) is 0 Å². The van der Waals surface area contributed by atoms with Gasteiger partial charge in [0.2, 0.25) is 0 Å². The van der Waals surface area contributed by atoms with Crippen LogP contribution in [0.25, 0.3) is 0 Å². The zero-order chi connectivity index (χ0) is 8.81. The third kappa shape index (κ3) is 2.95. The van der Waals surface area contributed by atoms with E-state index in [1.807, 2.05) is 0 Å². The molecular weight excluding hydrogens is 148 g/mol. The average Bonchev–Trinajstić information content (AvgIpc) is 2.56. The Kier molecular flexibility index (Phi) is 4.33. The fourth-order valence-corrected chi connectivity index (χ4v) is 1.75. The minimum absolute atomic E-state index is 0.786. The first-order valence-electron chi connectivity index (χ1n) is 4.94. The van der Waals surface area contributed by atoms with E-state index in [2.05, 4.69) is 24.0 Å². The van der Waals surface area contributed by atoms with Crippen LogP contribution in [0.2, 0.25) is 0 Å². The van der Waals surface area contributed by atoms with Crippen molar-refractivity contribution in [1.82, 2.24) is 4.90 Å². The van der Waals surface area contributed by atoms with E-state index in [0.29, 0.717) is 0 Å². The molecule has 0 aromatic carbocycles. The van der Waals surface area contributed by atoms with Crippen molar-refractivity contribution in [3.63, 3.8) is 0 Å². The highest BCUT2D eigenvalue weighted by atomic mass is 15.1. The fourth-order valence-electron chi connectivity index (χ4n) is 1.75. The Morgan fingerprint density at radius 2 is 2.08 bits per heavy atom. The van der Waals surface area contributed by atoms with Crippen LogP contribution in [0.4, 0.5) is 0 Å². The monoisotopic (exact) mass is 168 g/mol. The maximum absolute atomic E-state index is 5.52. The average molecular weight is 168 g/mol. The molecular formula is C10H20N2. The van der Waals surface area contributed by atoms with Gasteiger partial charge >= 0.3 is 0 Å². The van der Waals surface area contributed by atoms with Gasteiger partial charge in [-0.15, -0.1) is 0 Å². The lowest BCUT2D eigenvalue weighted by Crippen LogP contribution is -2.33. The van der Waals surface area contributed by atoms with Crippen molar-refractivity contribution < 1.29 is 0 Å². The van der Waals surface area contributed by atoms with Crippen molar-refractivity contribution in [2.75, 3.05) is 26.2 Å². The van der Waals surface area contributed by atoms with Crippen LogP contribution in [0.5, 0.6) is 0 Å². The molecule has 0 spiro atoms. The number of nitrogens with zero attached hydrogens (tertiary/aromatic N) is 1. The number of allylic oxidation sites excluding steroid dienone is 2. The zero-order valence-electron chi connectivity index (χ0n) is 8.00. The first-order valence-corrected chi connectivity index (χ1v) is 4.94. The summed E-state index contributed by atoms with van der Waals surface area (Å²) in [7, 11) is 0. The molecule has 1 aliphatic carbocycles. The minimum atomic E-state index is 0.786. The molecule has 0 saturated carbocycles. The van der Waals surface area contributed by atoms with E-state index < -0.39 is 0 Å². The highest BCUT2D eigenvalue weighted by Crippen LogP contribution is 2.18. The van der Waals surface area contributed by atoms with E-state index in [1.54, 1.807) is 0 Å². The van der Waals surface area contributed by atoms with Crippen LogP contribution in [0.15, 0.2) is 12.2 Å². The predicted octanol–water partition coefficient (Wildman–Crippen LogP) is 1.23. The Morgan fingerprint density at radius 1 is 1.42 bits per heavy atom. The van der Waals surface area contributed by atoms with E-state index in [4.69, 9.17) is 5.73 Å². The fraction of sp³-hybridized carbons (Fsp3) is 0.800. The van der Waals surface area contributed by atoms with Crippen molar-refractivity contribution in [1.29, 1.82) is 0 Å². The highest BCUT2D eigenvalue weighted by Gasteiger charge is 2.13. The van der Waals surface area contributed by atoms with E-state index >= 15 is 0 Å². The van der Waals surface area contributed by atoms with Gasteiger partial charge in [-0.05, 0) is 25.3 Å². The number of nitrogens with two attached hydrogens (primary N) is 1. The molecule has 0 aromatic heterocycles. The van der Waals surface area contributed by atoms with Crippen LogP contribution >= 0.6 is 0 Å². The lowest BCUT2D eigenvalue weighted by Gasteiger charge is -2.22. The molecule has 0 aromatic rings. The molecule has 0 heterocycles. The van der Waals surface area contributed by atoms with E-state index in [1.165, 1.54) is 19.4 Å². The van der Waals surface area contributed by atoms with Crippen molar-refractivity contribution in [3.05, 3.63) is 12.2 Å². The Morgan fingerprint density at radius 3 is 2.58 bits per heavy atom. The zero-order valence-corrected chi connectivity index (χ0v) is 8.00. The van der Waals surface area contributed by atoms with E-state index in [0.717, 1.165) is 25.6 Å². The van der Waals surface area contributed by atoms with Gasteiger partial charge in [-0.25, -0.2) is 0 Å². The van der Waals surface area contributed by atoms with Gasteiger partial charge < -0.3 is 10.6 Å². The molecule has 0 atom stereocenters. The third-order valence-electron chi connectivity index (χ3n) is 2.51. The smallest absolute Gasteiger partial charge is 0.0105 e. The minimum Gasteiger partial charge on any atom is -0.329 e. The summed E-state index contributed by atoms with van der Waals surface area (Å²) >= 11 is 0. The molecule has 70 valence electrons. The molecule has 0 fully saturated rings. The van der Waals surface area contributed by atoms with Gasteiger partial charge in [-0.1, -0.05) is 19.1 Å². The first kappa shape index (κ1) is 9.75. The molecule has 2 nitrogen and oxygen atoms in total. The number of hydrogen-bond acceptors (Lipinski definition) is 2. The topological polar surface area (TPSA) is 29.3 Å². The van der Waals surface area contributed by atoms with Gasteiger partial charge in [-0.2, -0.15) is 0 Å². The molecule has 12 heavy (non-hydrogen) atoms. The van der Waals surface area contributed by atoms with Gasteiger partial charge in [0.1, 0.15) is 0 Å². The number of hydrogen-bond donors (Lipinski definition) is 1. The standard InChI is InChI=1S/C10H20N2/c1-2-12(8-7-11)9-10-5-3-4-6-10/h3-4,10H,2,5-9,11H2,1H3. The van der Waals surface area contributed by atoms with Crippen molar-refractivity contribution >= 4 is 0 Å². The second-order valence-electron chi connectivity index (χ2n) is 3.49. The van der Waals surface area contributed by atoms with Crippen LogP contribution in [-0.4, -0.2) is 31.1 Å². The molecule has 0 amide bonds. The van der Waals surface area contributed by atoms with Gasteiger partial charge in [-0.3, -0.25) is 0 Å². The maximum Gasteiger partial charge on any atom is 0.0105 e. The third-order valence-corrected chi connectivity index (χ3v) is 2.51. The molecule has 0 bridgehead atoms.